The molecular weight excluding hydrogens is 232 g/mol. The van der Waals surface area contributed by atoms with E-state index in [0.29, 0.717) is 12.5 Å². The maximum Gasteiger partial charge on any atom is 0.248 e. The van der Waals surface area contributed by atoms with Crippen LogP contribution in [0.1, 0.15) is 19.3 Å². The molecule has 5 heteroatoms. The summed E-state index contributed by atoms with van der Waals surface area (Å²) >= 11 is 0. The van der Waals surface area contributed by atoms with Crippen molar-refractivity contribution in [2.24, 2.45) is 5.92 Å². The van der Waals surface area contributed by atoms with Gasteiger partial charge in [0.2, 0.25) is 5.91 Å². The van der Waals surface area contributed by atoms with Gasteiger partial charge in [0.15, 0.2) is 0 Å². The van der Waals surface area contributed by atoms with E-state index in [1.807, 2.05) is 4.90 Å². The Labute approximate surface area is 109 Å². The number of ether oxygens (including phenoxy) is 2. The minimum Gasteiger partial charge on any atom is -0.381 e. The van der Waals surface area contributed by atoms with E-state index in [2.05, 4.69) is 5.32 Å². The van der Waals surface area contributed by atoms with E-state index in [0.717, 1.165) is 58.7 Å². The molecule has 1 N–H and O–H groups in total. The Morgan fingerprint density at radius 1 is 1.28 bits per heavy atom. The van der Waals surface area contributed by atoms with Crippen molar-refractivity contribution in [1.82, 2.24) is 10.2 Å². The van der Waals surface area contributed by atoms with Crippen molar-refractivity contribution in [2.45, 2.75) is 19.3 Å². The molecule has 2 aliphatic heterocycles. The summed E-state index contributed by atoms with van der Waals surface area (Å²) in [4.78, 5) is 13.8. The molecule has 0 spiro atoms. The van der Waals surface area contributed by atoms with Crippen molar-refractivity contribution >= 4 is 5.91 Å². The number of nitrogens with zero attached hydrogens (tertiary/aromatic N) is 1. The zero-order valence-corrected chi connectivity index (χ0v) is 11.0. The molecule has 0 aromatic heterocycles. The quantitative estimate of drug-likeness (QED) is 0.783. The summed E-state index contributed by atoms with van der Waals surface area (Å²) in [6, 6.07) is 0. The fourth-order valence-electron chi connectivity index (χ4n) is 2.41. The molecule has 2 saturated heterocycles. The van der Waals surface area contributed by atoms with Crippen LogP contribution in [-0.2, 0) is 14.3 Å². The van der Waals surface area contributed by atoms with E-state index in [1.54, 1.807) is 0 Å². The highest BCUT2D eigenvalue weighted by Crippen LogP contribution is 2.14. The summed E-state index contributed by atoms with van der Waals surface area (Å²) < 4.78 is 10.9. The molecule has 18 heavy (non-hydrogen) atoms. The molecule has 2 rings (SSSR count). The first kappa shape index (κ1) is 13.8. The predicted molar refractivity (Wildman–Crippen MR) is 68.4 cm³/mol. The lowest BCUT2D eigenvalue weighted by atomic mass is 10.0. The van der Waals surface area contributed by atoms with Gasteiger partial charge in [0.05, 0.1) is 6.61 Å². The third-order valence-electron chi connectivity index (χ3n) is 3.61. The molecule has 104 valence electrons. The lowest BCUT2D eigenvalue weighted by Gasteiger charge is -2.23. The SMILES string of the molecule is O=C(COCC1CCOCC1)N1CCCNCC1. The Morgan fingerprint density at radius 3 is 2.94 bits per heavy atom. The van der Waals surface area contributed by atoms with Crippen LogP contribution in [0.2, 0.25) is 0 Å². The van der Waals surface area contributed by atoms with Crippen LogP contribution in [-0.4, -0.2) is 63.4 Å². The summed E-state index contributed by atoms with van der Waals surface area (Å²) in [5.74, 6) is 0.697. The van der Waals surface area contributed by atoms with Gasteiger partial charge in [0, 0.05) is 32.8 Å². The number of carbonyl (C=O) groups is 1. The van der Waals surface area contributed by atoms with Gasteiger partial charge in [-0.25, -0.2) is 0 Å². The monoisotopic (exact) mass is 256 g/mol. The molecule has 0 unspecified atom stereocenters. The molecule has 2 heterocycles. The first-order chi connectivity index (χ1) is 8.86. The summed E-state index contributed by atoms with van der Waals surface area (Å²) in [7, 11) is 0. The van der Waals surface area contributed by atoms with E-state index in [9.17, 15) is 4.79 Å². The Balaban J connectivity index is 1.61. The van der Waals surface area contributed by atoms with E-state index in [1.165, 1.54) is 0 Å². The maximum absolute atomic E-state index is 11.9. The average Bonchev–Trinajstić information content (AvgIpc) is 2.69. The van der Waals surface area contributed by atoms with Crippen molar-refractivity contribution in [1.29, 1.82) is 0 Å². The van der Waals surface area contributed by atoms with Crippen LogP contribution in [0.15, 0.2) is 0 Å². The topological polar surface area (TPSA) is 50.8 Å². The van der Waals surface area contributed by atoms with Crippen LogP contribution in [0.3, 0.4) is 0 Å². The van der Waals surface area contributed by atoms with Crippen LogP contribution >= 0.6 is 0 Å². The standard InChI is InChI=1S/C13H24N2O3/c16-13(15-6-1-4-14-5-7-15)11-18-10-12-2-8-17-9-3-12/h12,14H,1-11H2. The fraction of sp³-hybridized carbons (Fsp3) is 0.923. The molecule has 0 aromatic rings. The first-order valence-electron chi connectivity index (χ1n) is 7.00. The number of carbonyl (C=O) groups excluding carboxylic acids is 1. The van der Waals surface area contributed by atoms with Crippen LogP contribution in [0.25, 0.3) is 0 Å². The molecule has 0 bridgehead atoms. The van der Waals surface area contributed by atoms with Gasteiger partial charge in [-0.1, -0.05) is 0 Å². The molecule has 2 aliphatic rings. The van der Waals surface area contributed by atoms with Crippen LogP contribution in [0.5, 0.6) is 0 Å². The lowest BCUT2D eigenvalue weighted by Crippen LogP contribution is -2.37. The van der Waals surface area contributed by atoms with Crippen LogP contribution < -0.4 is 5.32 Å². The zero-order valence-electron chi connectivity index (χ0n) is 11.0. The van der Waals surface area contributed by atoms with Gasteiger partial charge in [-0.05, 0) is 31.7 Å². The number of hydrogen-bond donors (Lipinski definition) is 1. The van der Waals surface area contributed by atoms with Gasteiger partial charge in [-0.15, -0.1) is 0 Å². The van der Waals surface area contributed by atoms with E-state index >= 15 is 0 Å². The van der Waals surface area contributed by atoms with E-state index in [4.69, 9.17) is 9.47 Å². The van der Waals surface area contributed by atoms with Crippen molar-refractivity contribution in [3.63, 3.8) is 0 Å². The van der Waals surface area contributed by atoms with E-state index in [-0.39, 0.29) is 12.5 Å². The Kier molecular flexibility index (Phi) is 5.90. The molecule has 0 radical (unpaired) electrons. The fourth-order valence-corrected chi connectivity index (χ4v) is 2.41. The van der Waals surface area contributed by atoms with Crippen LogP contribution in [0, 0.1) is 5.92 Å². The second-order valence-corrected chi connectivity index (χ2v) is 5.06. The summed E-state index contributed by atoms with van der Waals surface area (Å²) in [5, 5.41) is 3.29. The molecule has 0 aliphatic carbocycles. The first-order valence-corrected chi connectivity index (χ1v) is 7.00. The van der Waals surface area contributed by atoms with Crippen molar-refractivity contribution in [3.05, 3.63) is 0 Å². The highest BCUT2D eigenvalue weighted by Gasteiger charge is 2.17. The number of rotatable bonds is 4. The largest absolute Gasteiger partial charge is 0.381 e. The molecule has 0 aromatic carbocycles. The van der Waals surface area contributed by atoms with Crippen molar-refractivity contribution in [3.8, 4) is 0 Å². The summed E-state index contributed by atoms with van der Waals surface area (Å²) in [6.07, 6.45) is 3.15. The molecule has 1 amide bonds. The number of hydrogen-bond acceptors (Lipinski definition) is 4. The summed E-state index contributed by atoms with van der Waals surface area (Å²) in [5.41, 5.74) is 0. The van der Waals surface area contributed by atoms with Gasteiger partial charge >= 0.3 is 0 Å². The van der Waals surface area contributed by atoms with Crippen molar-refractivity contribution < 1.29 is 14.3 Å². The number of amides is 1. The minimum absolute atomic E-state index is 0.130. The number of nitrogens with one attached hydrogen (secondary N) is 1. The average molecular weight is 256 g/mol. The maximum atomic E-state index is 11.9. The normalized spacial score (nSPS) is 22.8. The van der Waals surface area contributed by atoms with Gasteiger partial charge in [-0.2, -0.15) is 0 Å². The highest BCUT2D eigenvalue weighted by molar-refractivity contribution is 5.77. The molecule has 2 fully saturated rings. The Morgan fingerprint density at radius 2 is 2.11 bits per heavy atom. The third-order valence-corrected chi connectivity index (χ3v) is 3.61. The third kappa shape index (κ3) is 4.55. The smallest absolute Gasteiger partial charge is 0.248 e. The second kappa shape index (κ2) is 7.71. The zero-order chi connectivity index (χ0) is 12.6. The Bertz CT molecular complexity index is 247. The molecular formula is C13H24N2O3. The summed E-state index contributed by atoms with van der Waals surface area (Å²) in [6.45, 7) is 6.16. The predicted octanol–water partition coefficient (Wildman–Crippen LogP) is 0.252. The van der Waals surface area contributed by atoms with E-state index < -0.39 is 0 Å². The Hall–Kier alpha value is -0.650. The lowest BCUT2D eigenvalue weighted by molar-refractivity contribution is -0.136. The van der Waals surface area contributed by atoms with Gasteiger partial charge in [0.25, 0.3) is 0 Å². The minimum atomic E-state index is 0.130. The van der Waals surface area contributed by atoms with Gasteiger partial charge in [0.1, 0.15) is 6.61 Å². The second-order valence-electron chi connectivity index (χ2n) is 5.06. The molecule has 0 atom stereocenters. The van der Waals surface area contributed by atoms with Crippen molar-refractivity contribution in [2.75, 3.05) is 52.6 Å². The van der Waals surface area contributed by atoms with Gasteiger partial charge < -0.3 is 19.7 Å². The highest BCUT2D eigenvalue weighted by atomic mass is 16.5. The molecule has 5 nitrogen and oxygen atoms in total. The van der Waals surface area contributed by atoms with Gasteiger partial charge in [-0.3, -0.25) is 4.79 Å². The molecule has 0 saturated carbocycles. The van der Waals surface area contributed by atoms with Crippen LogP contribution in [0.4, 0.5) is 0 Å².